The lowest BCUT2D eigenvalue weighted by Crippen LogP contribution is -2.49. The Morgan fingerprint density at radius 1 is 1.14 bits per heavy atom. The van der Waals surface area contributed by atoms with Crippen LogP contribution in [0.5, 0.6) is 0 Å². The van der Waals surface area contributed by atoms with E-state index in [-0.39, 0.29) is 37.6 Å². The molecule has 188 valence electrons. The van der Waals surface area contributed by atoms with Crippen molar-refractivity contribution in [2.24, 2.45) is 0 Å². The number of H-pyrrole nitrogens is 1. The maximum atomic E-state index is 14.9. The minimum atomic E-state index is -4.27. The molecule has 0 spiro atoms. The van der Waals surface area contributed by atoms with Gasteiger partial charge in [0.15, 0.2) is 11.6 Å². The number of anilines is 2. The first kappa shape index (κ1) is 24.1. The van der Waals surface area contributed by atoms with Gasteiger partial charge < -0.3 is 15.2 Å². The fourth-order valence-corrected chi connectivity index (χ4v) is 4.29. The number of carbonyl (C=O) groups excluding carboxylic acids is 1. The van der Waals surface area contributed by atoms with Gasteiger partial charge in [0.1, 0.15) is 0 Å². The number of piperazine rings is 1. The number of aromatic amines is 1. The smallest absolute Gasteiger partial charge is 0.359 e. The number of halogens is 5. The molecule has 36 heavy (non-hydrogen) atoms. The summed E-state index contributed by atoms with van der Waals surface area (Å²) in [5.74, 6) is -0.980. The number of amides is 1. The van der Waals surface area contributed by atoms with Crippen LogP contribution in [0.1, 0.15) is 10.4 Å². The molecule has 1 aliphatic rings. The Morgan fingerprint density at radius 2 is 1.92 bits per heavy atom. The highest BCUT2D eigenvalue weighted by molar-refractivity contribution is 6.31. The van der Waals surface area contributed by atoms with Gasteiger partial charge in [-0.25, -0.2) is 14.1 Å². The molecular formula is C23H20ClF4N7O. The largest absolute Gasteiger partial charge is 0.401 e. The minimum absolute atomic E-state index is 0.0635. The van der Waals surface area contributed by atoms with Crippen LogP contribution in [0.2, 0.25) is 5.02 Å². The molecule has 0 aliphatic carbocycles. The van der Waals surface area contributed by atoms with E-state index in [9.17, 15) is 22.4 Å². The van der Waals surface area contributed by atoms with Gasteiger partial charge in [0, 0.05) is 60.6 Å². The monoisotopic (exact) mass is 521 g/mol. The summed E-state index contributed by atoms with van der Waals surface area (Å²) >= 11 is 6.05. The molecule has 0 unspecified atom stereocenters. The molecule has 1 aliphatic heterocycles. The average molecular weight is 522 g/mol. The zero-order valence-corrected chi connectivity index (χ0v) is 19.4. The van der Waals surface area contributed by atoms with Crippen LogP contribution >= 0.6 is 11.6 Å². The number of rotatable bonds is 5. The van der Waals surface area contributed by atoms with Crippen molar-refractivity contribution in [2.45, 2.75) is 6.18 Å². The van der Waals surface area contributed by atoms with Crippen molar-refractivity contribution < 1.29 is 22.4 Å². The number of aromatic nitrogens is 4. The van der Waals surface area contributed by atoms with Crippen LogP contribution in [0.15, 0.2) is 49.1 Å². The lowest BCUT2D eigenvalue weighted by atomic mass is 10.2. The lowest BCUT2D eigenvalue weighted by molar-refractivity contribution is -0.146. The van der Waals surface area contributed by atoms with Gasteiger partial charge in [-0.05, 0) is 18.2 Å². The highest BCUT2D eigenvalue weighted by Gasteiger charge is 2.32. The summed E-state index contributed by atoms with van der Waals surface area (Å²) < 4.78 is 53.9. The van der Waals surface area contributed by atoms with E-state index in [4.69, 9.17) is 11.6 Å². The van der Waals surface area contributed by atoms with E-state index in [1.54, 1.807) is 29.3 Å². The second-order valence-electron chi connectivity index (χ2n) is 8.40. The third-order valence-electron chi connectivity index (χ3n) is 5.88. The van der Waals surface area contributed by atoms with E-state index in [2.05, 4.69) is 20.4 Å². The Kier molecular flexibility index (Phi) is 6.31. The van der Waals surface area contributed by atoms with E-state index >= 15 is 0 Å². The molecule has 1 fully saturated rings. The summed E-state index contributed by atoms with van der Waals surface area (Å²) in [7, 11) is 0. The molecule has 1 saturated heterocycles. The van der Waals surface area contributed by atoms with E-state index in [0.717, 1.165) is 10.9 Å². The predicted molar refractivity (Wildman–Crippen MR) is 127 cm³/mol. The van der Waals surface area contributed by atoms with Crippen molar-refractivity contribution in [1.82, 2.24) is 24.6 Å². The van der Waals surface area contributed by atoms with Crippen molar-refractivity contribution in [3.05, 3.63) is 65.5 Å². The second-order valence-corrected chi connectivity index (χ2v) is 8.83. The molecule has 5 rings (SSSR count). The van der Waals surface area contributed by atoms with E-state index in [1.807, 2.05) is 0 Å². The summed E-state index contributed by atoms with van der Waals surface area (Å²) in [5, 5.41) is 8.22. The molecular weight excluding hydrogens is 502 g/mol. The van der Waals surface area contributed by atoms with Crippen molar-refractivity contribution in [2.75, 3.05) is 42.9 Å². The zero-order chi connectivity index (χ0) is 25.4. The van der Waals surface area contributed by atoms with Crippen LogP contribution in [0.3, 0.4) is 0 Å². The Bertz CT molecular complexity index is 1410. The van der Waals surface area contributed by atoms with Gasteiger partial charge in [-0.2, -0.15) is 18.3 Å². The van der Waals surface area contributed by atoms with Crippen LogP contribution < -0.4 is 10.2 Å². The lowest BCUT2D eigenvalue weighted by Gasteiger charge is -2.35. The number of benzene rings is 1. The molecule has 0 bridgehead atoms. The first-order chi connectivity index (χ1) is 17.2. The molecule has 0 radical (unpaired) electrons. The number of pyridine rings is 1. The van der Waals surface area contributed by atoms with Crippen molar-refractivity contribution in [1.29, 1.82) is 0 Å². The fourth-order valence-electron chi connectivity index (χ4n) is 4.12. The van der Waals surface area contributed by atoms with E-state index in [0.29, 0.717) is 16.4 Å². The summed E-state index contributed by atoms with van der Waals surface area (Å²) in [5.41, 5.74) is 1.91. The molecule has 0 saturated carbocycles. The number of alkyl halides is 3. The third kappa shape index (κ3) is 5.14. The quantitative estimate of drug-likeness (QED) is 0.379. The van der Waals surface area contributed by atoms with Crippen LogP contribution in [0.4, 0.5) is 29.1 Å². The normalized spacial score (nSPS) is 15.0. The summed E-state index contributed by atoms with van der Waals surface area (Å²) in [6.45, 7) is -0.223. The standard InChI is InChI=1S/C23H20ClF4N7O/c24-15-1-2-19-17(7-15)20(11-29-19)32-22(36)14-9-31-35(12-14)16-8-18(25)21(30-10-16)34-5-3-33(4-6-34)13-23(26,27)28/h1-2,7-12,29H,3-6,13H2,(H,32,36). The van der Waals surface area contributed by atoms with Gasteiger partial charge in [0.25, 0.3) is 5.91 Å². The van der Waals surface area contributed by atoms with Crippen LogP contribution in [0.25, 0.3) is 16.6 Å². The first-order valence-corrected chi connectivity index (χ1v) is 11.4. The molecule has 4 aromatic rings. The number of fused-ring (bicyclic) bond motifs is 1. The number of nitrogens with zero attached hydrogens (tertiary/aromatic N) is 5. The van der Waals surface area contributed by atoms with Crippen molar-refractivity contribution >= 4 is 39.9 Å². The second kappa shape index (κ2) is 9.43. The molecule has 13 heteroatoms. The predicted octanol–water partition coefficient (Wildman–Crippen LogP) is 4.48. The van der Waals surface area contributed by atoms with Gasteiger partial charge in [-0.1, -0.05) is 11.6 Å². The van der Waals surface area contributed by atoms with Gasteiger partial charge in [0.2, 0.25) is 0 Å². The maximum Gasteiger partial charge on any atom is 0.401 e. The highest BCUT2D eigenvalue weighted by Crippen LogP contribution is 2.27. The number of hydrogen-bond donors (Lipinski definition) is 2. The SMILES string of the molecule is O=C(Nc1c[nH]c2ccc(Cl)cc12)c1cnn(-c2cnc(N3CCN(CC(F)(F)F)CC3)c(F)c2)c1. The topological polar surface area (TPSA) is 82.1 Å². The third-order valence-corrected chi connectivity index (χ3v) is 6.12. The molecule has 0 atom stereocenters. The molecule has 8 nitrogen and oxygen atoms in total. The Balaban J connectivity index is 1.26. The number of nitrogens with one attached hydrogen (secondary N) is 2. The van der Waals surface area contributed by atoms with Crippen LogP contribution in [0, 0.1) is 5.82 Å². The summed E-state index contributed by atoms with van der Waals surface area (Å²) in [6, 6.07) is 6.50. The van der Waals surface area contributed by atoms with Gasteiger partial charge in [-0.3, -0.25) is 9.69 Å². The van der Waals surface area contributed by atoms with E-state index < -0.39 is 24.4 Å². The highest BCUT2D eigenvalue weighted by atomic mass is 35.5. The average Bonchev–Trinajstić information content (AvgIpc) is 3.46. The molecule has 1 aromatic carbocycles. The fraction of sp³-hybridized carbons (Fsp3) is 0.261. The van der Waals surface area contributed by atoms with Gasteiger partial charge >= 0.3 is 6.18 Å². The first-order valence-electron chi connectivity index (χ1n) is 11.0. The van der Waals surface area contributed by atoms with Crippen LogP contribution in [-0.2, 0) is 0 Å². The van der Waals surface area contributed by atoms with E-state index in [1.165, 1.54) is 34.2 Å². The zero-order valence-electron chi connectivity index (χ0n) is 18.7. The summed E-state index contributed by atoms with van der Waals surface area (Å²) in [4.78, 5) is 22.9. The van der Waals surface area contributed by atoms with Crippen molar-refractivity contribution in [3.8, 4) is 5.69 Å². The molecule has 1 amide bonds. The maximum absolute atomic E-state index is 14.9. The van der Waals surface area contributed by atoms with Crippen molar-refractivity contribution in [3.63, 3.8) is 0 Å². The Labute approximate surface area is 207 Å². The summed E-state index contributed by atoms with van der Waals surface area (Å²) in [6.07, 6.45) is 1.59. The minimum Gasteiger partial charge on any atom is -0.359 e. The Hall–Kier alpha value is -3.64. The van der Waals surface area contributed by atoms with Gasteiger partial charge in [-0.15, -0.1) is 0 Å². The molecule has 3 aromatic heterocycles. The van der Waals surface area contributed by atoms with Gasteiger partial charge in [0.05, 0.1) is 35.9 Å². The number of carbonyl (C=O) groups is 1. The molecule has 2 N–H and O–H groups in total. The molecule has 4 heterocycles. The Morgan fingerprint density at radius 3 is 2.64 bits per heavy atom. The number of hydrogen-bond acceptors (Lipinski definition) is 5. The van der Waals surface area contributed by atoms with Crippen LogP contribution in [-0.4, -0.2) is 69.5 Å².